The normalized spacial score (nSPS) is 31.4. The molecule has 3 fully saturated rings. The first kappa shape index (κ1) is 23.0. The molecule has 1 saturated heterocycles. The molecule has 3 heterocycles. The highest BCUT2D eigenvalue weighted by Gasteiger charge is 2.69. The van der Waals surface area contributed by atoms with E-state index in [9.17, 15) is 23.9 Å². The van der Waals surface area contributed by atoms with Gasteiger partial charge < -0.3 is 14.8 Å². The number of rotatable bonds is 4. The fourth-order valence-electron chi connectivity index (χ4n) is 7.23. The van der Waals surface area contributed by atoms with Gasteiger partial charge in [-0.15, -0.1) is 11.8 Å². The number of carbonyl (C=O) groups is 2. The van der Waals surface area contributed by atoms with E-state index >= 15 is 0 Å². The number of benzene rings is 2. The number of nitrogens with zero attached hydrogens (tertiary/aromatic N) is 1. The number of amides is 2. The van der Waals surface area contributed by atoms with Gasteiger partial charge in [-0.05, 0) is 73.1 Å². The zero-order valence-electron chi connectivity index (χ0n) is 19.7. The highest BCUT2D eigenvalue weighted by Crippen LogP contribution is 2.68. The van der Waals surface area contributed by atoms with E-state index in [-0.39, 0.29) is 51.4 Å². The van der Waals surface area contributed by atoms with Gasteiger partial charge in [0.2, 0.25) is 11.8 Å². The zero-order chi connectivity index (χ0) is 25.6. The maximum atomic E-state index is 13.7. The molecular formula is C27H23FN2O5S2. The number of aromatic nitrogens is 1. The Balaban J connectivity index is 1.32. The summed E-state index contributed by atoms with van der Waals surface area (Å²) >= 11 is 2.81. The average molecular weight is 539 g/mol. The number of hydrogen-bond acceptors (Lipinski definition) is 7. The molecule has 2 N–H and O–H groups in total. The third-order valence-corrected chi connectivity index (χ3v) is 11.0. The number of thiazole rings is 1. The maximum Gasteiger partial charge on any atom is 0.305 e. The van der Waals surface area contributed by atoms with Crippen LogP contribution >= 0.6 is 23.1 Å². The van der Waals surface area contributed by atoms with Crippen molar-refractivity contribution >= 4 is 40.6 Å². The molecule has 2 aromatic carbocycles. The van der Waals surface area contributed by atoms with Gasteiger partial charge in [0, 0.05) is 16.0 Å². The number of carbonyl (C=O) groups excluding carboxylic acids is 2. The van der Waals surface area contributed by atoms with Crippen molar-refractivity contribution in [3.63, 3.8) is 0 Å². The first-order chi connectivity index (χ1) is 17.9. The molecule has 2 bridgehead atoms. The largest absolute Gasteiger partial charge is 0.504 e. The fraction of sp³-hybridized carbons (Fsp3) is 0.370. The molecule has 190 valence electrons. The van der Waals surface area contributed by atoms with Crippen molar-refractivity contribution in [2.75, 3.05) is 11.5 Å². The predicted molar refractivity (Wildman–Crippen MR) is 137 cm³/mol. The average Bonchev–Trinajstić information content (AvgIpc) is 3.60. The van der Waals surface area contributed by atoms with Crippen molar-refractivity contribution in [1.82, 2.24) is 4.98 Å². The molecule has 2 aliphatic carbocycles. The zero-order valence-corrected chi connectivity index (χ0v) is 21.4. The molecule has 0 spiro atoms. The molecule has 2 amide bonds. The van der Waals surface area contributed by atoms with E-state index in [4.69, 9.17) is 4.74 Å². The first-order valence-corrected chi connectivity index (χ1v) is 14.1. The van der Waals surface area contributed by atoms with Crippen LogP contribution in [-0.2, 0) is 9.59 Å². The van der Waals surface area contributed by atoms with Crippen LogP contribution in [-0.4, -0.2) is 33.8 Å². The number of hydrogen-bond donors (Lipinski definition) is 2. The number of phenols is 1. The van der Waals surface area contributed by atoms with Crippen molar-refractivity contribution in [2.24, 2.45) is 29.6 Å². The number of phenolic OH excluding ortho intramolecular Hbond substituents is 1. The summed E-state index contributed by atoms with van der Waals surface area (Å²) in [6, 6.07) is 10.8. The number of aromatic hydroxyl groups is 1. The molecular weight excluding hydrogens is 515 g/mol. The Kier molecular flexibility index (Phi) is 5.10. The number of anilines is 1. The Morgan fingerprint density at radius 2 is 1.81 bits per heavy atom. The lowest BCUT2D eigenvalue weighted by atomic mass is 9.68. The summed E-state index contributed by atoms with van der Waals surface area (Å²) in [7, 11) is 0. The van der Waals surface area contributed by atoms with Crippen LogP contribution in [0.2, 0.25) is 0 Å². The van der Waals surface area contributed by atoms with Gasteiger partial charge in [0.15, 0.2) is 11.5 Å². The Bertz CT molecular complexity index is 1500. The number of H-pyrrole nitrogens is 1. The van der Waals surface area contributed by atoms with Gasteiger partial charge in [-0.3, -0.25) is 19.3 Å². The summed E-state index contributed by atoms with van der Waals surface area (Å²) in [5.41, 5.74) is 1.32. The molecule has 7 atom stereocenters. The second kappa shape index (κ2) is 8.19. The summed E-state index contributed by atoms with van der Waals surface area (Å²) in [4.78, 5) is 44.8. The van der Waals surface area contributed by atoms with Gasteiger partial charge >= 0.3 is 4.87 Å². The van der Waals surface area contributed by atoms with Crippen LogP contribution in [0.1, 0.15) is 29.7 Å². The molecule has 4 aliphatic rings. The number of ether oxygens (including phenoxy) is 1. The minimum atomic E-state index is -0.437. The second-order valence-electron chi connectivity index (χ2n) is 10.1. The number of halogens is 1. The van der Waals surface area contributed by atoms with Gasteiger partial charge in [0.1, 0.15) is 5.82 Å². The van der Waals surface area contributed by atoms with E-state index < -0.39 is 17.7 Å². The Morgan fingerprint density at radius 3 is 2.54 bits per heavy atom. The van der Waals surface area contributed by atoms with Crippen molar-refractivity contribution in [3.8, 4) is 11.5 Å². The van der Waals surface area contributed by atoms with Crippen molar-refractivity contribution < 1.29 is 23.8 Å². The van der Waals surface area contributed by atoms with Crippen molar-refractivity contribution in [2.45, 2.75) is 29.5 Å². The lowest BCUT2D eigenvalue weighted by molar-refractivity contribution is -0.123. The van der Waals surface area contributed by atoms with Crippen LogP contribution in [0.4, 0.5) is 10.1 Å². The van der Waals surface area contributed by atoms with E-state index in [0.29, 0.717) is 18.0 Å². The molecule has 0 unspecified atom stereocenters. The minimum absolute atomic E-state index is 0.00516. The Hall–Kier alpha value is -3.11. The third kappa shape index (κ3) is 3.21. The SMILES string of the molecule is CCOc1cc([C@@H]2c3sc(=O)[nH]c3S[C@@H]3[C@H]4C[C@@H]([C@@H]5C(=O)N(c6ccc(F)cc6)C(=O)[C@H]45)[C@H]23)ccc1O. The Morgan fingerprint density at radius 1 is 1.08 bits per heavy atom. The molecule has 37 heavy (non-hydrogen) atoms. The van der Waals surface area contributed by atoms with Gasteiger partial charge in [-0.1, -0.05) is 17.4 Å². The molecule has 0 radical (unpaired) electrons. The topological polar surface area (TPSA) is 99.7 Å². The molecule has 3 aromatic rings. The number of nitrogens with one attached hydrogen (secondary N) is 1. The van der Waals surface area contributed by atoms with E-state index in [0.717, 1.165) is 21.9 Å². The highest BCUT2D eigenvalue weighted by atomic mass is 32.2. The van der Waals surface area contributed by atoms with Crippen LogP contribution in [0.3, 0.4) is 0 Å². The number of imide groups is 1. The standard InChI is InChI=1S/C27H23FN2O5S2/c1-2-35-17-9-11(3-8-16(17)31)18-19-14-10-15(22(19)36-24-23(18)37-27(34)29-24)21-20(14)25(32)30(26(21)33)13-6-4-12(28)5-7-13/h3-9,14-15,18-22,31H,2,10H2,1H3,(H,29,34)/t14-,15+,18+,19-,20+,21-,22-/m1/s1. The number of fused-ring (bicyclic) bond motifs is 9. The van der Waals surface area contributed by atoms with E-state index in [1.165, 1.54) is 40.5 Å². The van der Waals surface area contributed by atoms with Crippen LogP contribution in [0, 0.1) is 35.4 Å². The number of thioether (sulfide) groups is 1. The number of aromatic amines is 1. The van der Waals surface area contributed by atoms with E-state index in [1.807, 2.05) is 19.1 Å². The smallest absolute Gasteiger partial charge is 0.305 e. The lowest BCUT2D eigenvalue weighted by Gasteiger charge is -2.43. The van der Waals surface area contributed by atoms with Crippen molar-refractivity contribution in [1.29, 1.82) is 0 Å². The minimum Gasteiger partial charge on any atom is -0.504 e. The molecule has 1 aromatic heterocycles. The molecule has 2 aliphatic heterocycles. The second-order valence-corrected chi connectivity index (χ2v) is 12.3. The van der Waals surface area contributed by atoms with Crippen LogP contribution in [0.15, 0.2) is 52.3 Å². The molecule has 7 rings (SSSR count). The first-order valence-electron chi connectivity index (χ1n) is 12.4. The predicted octanol–water partition coefficient (Wildman–Crippen LogP) is 4.36. The summed E-state index contributed by atoms with van der Waals surface area (Å²) < 4.78 is 19.2. The van der Waals surface area contributed by atoms with E-state index in [1.54, 1.807) is 17.8 Å². The third-order valence-electron chi connectivity index (χ3n) is 8.45. The fourth-order valence-corrected chi connectivity index (χ4v) is 10.1. The van der Waals surface area contributed by atoms with Gasteiger partial charge in [0.25, 0.3) is 0 Å². The summed E-state index contributed by atoms with van der Waals surface area (Å²) in [5.74, 6) is -1.43. The van der Waals surface area contributed by atoms with Crippen LogP contribution < -0.4 is 14.5 Å². The van der Waals surface area contributed by atoms with E-state index in [2.05, 4.69) is 4.98 Å². The lowest BCUT2D eigenvalue weighted by Crippen LogP contribution is -2.42. The quantitative estimate of drug-likeness (QED) is 0.479. The van der Waals surface area contributed by atoms with Gasteiger partial charge in [0.05, 0.1) is 29.2 Å². The van der Waals surface area contributed by atoms with Gasteiger partial charge in [-0.2, -0.15) is 0 Å². The maximum absolute atomic E-state index is 13.7. The highest BCUT2D eigenvalue weighted by molar-refractivity contribution is 8.00. The van der Waals surface area contributed by atoms with Gasteiger partial charge in [-0.25, -0.2) is 4.39 Å². The summed E-state index contributed by atoms with van der Waals surface area (Å²) in [6.07, 6.45) is 0.776. The summed E-state index contributed by atoms with van der Waals surface area (Å²) in [6.45, 7) is 2.25. The summed E-state index contributed by atoms with van der Waals surface area (Å²) in [5, 5.41) is 11.2. The van der Waals surface area contributed by atoms with Crippen molar-refractivity contribution in [3.05, 3.63) is 68.4 Å². The Labute approximate surface area is 219 Å². The molecule has 2 saturated carbocycles. The molecule has 10 heteroatoms. The molecule has 7 nitrogen and oxygen atoms in total. The monoisotopic (exact) mass is 538 g/mol. The van der Waals surface area contributed by atoms with Crippen LogP contribution in [0.25, 0.3) is 0 Å². The van der Waals surface area contributed by atoms with Crippen LogP contribution in [0.5, 0.6) is 11.5 Å².